The number of benzene rings is 3. The number of hydrogen-bond acceptors (Lipinski definition) is 3. The molecule has 0 bridgehead atoms. The van der Waals surface area contributed by atoms with Crippen molar-refractivity contribution in [1.29, 1.82) is 0 Å². The highest BCUT2D eigenvalue weighted by molar-refractivity contribution is 6.31. The van der Waals surface area contributed by atoms with Crippen molar-refractivity contribution in [2.45, 2.75) is 19.4 Å². The van der Waals surface area contributed by atoms with E-state index in [1.165, 1.54) is 0 Å². The lowest BCUT2D eigenvalue weighted by Gasteiger charge is -2.18. The van der Waals surface area contributed by atoms with Crippen LogP contribution >= 0.6 is 23.2 Å². The average Bonchev–Trinajstić information content (AvgIpc) is 2.73. The summed E-state index contributed by atoms with van der Waals surface area (Å²) in [6.07, 6.45) is -0.308. The Balaban J connectivity index is 1.83. The van der Waals surface area contributed by atoms with Gasteiger partial charge in [0.1, 0.15) is 5.75 Å². The van der Waals surface area contributed by atoms with Crippen LogP contribution in [0, 0.1) is 0 Å². The SMILES string of the molecule is CC[C@H](Oc1cccc(Cl)c1)C(=O)Nc1ccc(Cl)cc1C(=O)c1ccccc1. The molecule has 0 aromatic heterocycles. The molecule has 6 heteroatoms. The Hall–Kier alpha value is -2.82. The van der Waals surface area contributed by atoms with Crippen molar-refractivity contribution in [3.8, 4) is 5.75 Å². The molecule has 1 atom stereocenters. The molecule has 148 valence electrons. The smallest absolute Gasteiger partial charge is 0.265 e. The van der Waals surface area contributed by atoms with Gasteiger partial charge in [-0.15, -0.1) is 0 Å². The highest BCUT2D eigenvalue weighted by atomic mass is 35.5. The van der Waals surface area contributed by atoms with Crippen molar-refractivity contribution < 1.29 is 14.3 Å². The van der Waals surface area contributed by atoms with E-state index in [1.54, 1.807) is 66.7 Å². The monoisotopic (exact) mass is 427 g/mol. The summed E-state index contributed by atoms with van der Waals surface area (Å²) in [5.74, 6) is -0.0969. The third-order valence-corrected chi connectivity index (χ3v) is 4.73. The molecule has 0 aliphatic rings. The first-order chi connectivity index (χ1) is 14.0. The Bertz CT molecular complexity index is 1020. The van der Waals surface area contributed by atoms with E-state index in [0.717, 1.165) is 0 Å². The fraction of sp³-hybridized carbons (Fsp3) is 0.130. The number of carbonyl (C=O) groups excluding carboxylic acids is 2. The molecule has 0 saturated heterocycles. The van der Waals surface area contributed by atoms with Gasteiger partial charge in [0.15, 0.2) is 11.9 Å². The fourth-order valence-corrected chi connectivity index (χ4v) is 3.15. The number of ketones is 1. The van der Waals surface area contributed by atoms with E-state index in [9.17, 15) is 9.59 Å². The van der Waals surface area contributed by atoms with Gasteiger partial charge in [-0.2, -0.15) is 0 Å². The second-order valence-corrected chi connectivity index (χ2v) is 7.22. The summed E-state index contributed by atoms with van der Waals surface area (Å²) >= 11 is 12.1. The van der Waals surface area contributed by atoms with E-state index in [0.29, 0.717) is 39.0 Å². The molecule has 0 aliphatic heterocycles. The normalized spacial score (nSPS) is 11.6. The molecule has 0 radical (unpaired) electrons. The minimum atomic E-state index is -0.746. The number of anilines is 1. The summed E-state index contributed by atoms with van der Waals surface area (Å²) in [6.45, 7) is 1.84. The van der Waals surface area contributed by atoms with E-state index in [4.69, 9.17) is 27.9 Å². The standard InChI is InChI=1S/C23H19Cl2NO3/c1-2-21(29-18-10-6-9-16(24)13-18)23(28)26-20-12-11-17(25)14-19(20)22(27)15-7-4-3-5-8-15/h3-14,21H,2H2,1H3,(H,26,28)/t21-/m0/s1. The number of amides is 1. The van der Waals surface area contributed by atoms with Crippen LogP contribution in [-0.4, -0.2) is 17.8 Å². The largest absolute Gasteiger partial charge is 0.481 e. The zero-order chi connectivity index (χ0) is 20.8. The van der Waals surface area contributed by atoms with Crippen LogP contribution in [0.25, 0.3) is 0 Å². The van der Waals surface area contributed by atoms with Crippen LogP contribution in [0.4, 0.5) is 5.69 Å². The first-order valence-electron chi connectivity index (χ1n) is 9.10. The van der Waals surface area contributed by atoms with Gasteiger partial charge in [-0.1, -0.05) is 66.5 Å². The highest BCUT2D eigenvalue weighted by Gasteiger charge is 2.22. The molecule has 3 aromatic rings. The molecule has 0 aliphatic carbocycles. The molecular weight excluding hydrogens is 409 g/mol. The highest BCUT2D eigenvalue weighted by Crippen LogP contribution is 2.25. The summed E-state index contributed by atoms with van der Waals surface area (Å²) in [4.78, 5) is 25.7. The third-order valence-electron chi connectivity index (χ3n) is 4.26. The maximum atomic E-state index is 12.9. The molecule has 1 amide bonds. The van der Waals surface area contributed by atoms with Crippen LogP contribution in [0.2, 0.25) is 10.0 Å². The molecule has 3 aromatic carbocycles. The lowest BCUT2D eigenvalue weighted by atomic mass is 10.0. The Morgan fingerprint density at radius 3 is 2.34 bits per heavy atom. The van der Waals surface area contributed by atoms with Gasteiger partial charge in [0.25, 0.3) is 5.91 Å². The predicted octanol–water partition coefficient (Wildman–Crippen LogP) is 6.02. The summed E-state index contributed by atoms with van der Waals surface area (Å²) in [7, 11) is 0. The number of carbonyl (C=O) groups is 2. The third kappa shape index (κ3) is 5.37. The van der Waals surface area contributed by atoms with E-state index in [-0.39, 0.29) is 11.7 Å². The van der Waals surface area contributed by atoms with Crippen molar-refractivity contribution in [1.82, 2.24) is 0 Å². The first kappa shape index (κ1) is 20.9. The molecular formula is C23H19Cl2NO3. The Morgan fingerprint density at radius 1 is 0.931 bits per heavy atom. The maximum absolute atomic E-state index is 12.9. The molecule has 29 heavy (non-hydrogen) atoms. The van der Waals surface area contributed by atoms with Gasteiger partial charge < -0.3 is 10.1 Å². The Kier molecular flexibility index (Phi) is 6.91. The fourth-order valence-electron chi connectivity index (χ4n) is 2.80. The van der Waals surface area contributed by atoms with Crippen LogP contribution in [-0.2, 0) is 4.79 Å². The number of ether oxygens (including phenoxy) is 1. The second kappa shape index (κ2) is 9.59. The topological polar surface area (TPSA) is 55.4 Å². The van der Waals surface area contributed by atoms with Gasteiger partial charge in [0.2, 0.25) is 0 Å². The maximum Gasteiger partial charge on any atom is 0.265 e. The molecule has 3 rings (SSSR count). The minimum absolute atomic E-state index is 0.229. The Labute approximate surface area is 179 Å². The van der Waals surface area contributed by atoms with Gasteiger partial charge in [-0.05, 0) is 42.8 Å². The van der Waals surface area contributed by atoms with Crippen molar-refractivity contribution >= 4 is 40.6 Å². The van der Waals surface area contributed by atoms with Crippen molar-refractivity contribution in [2.75, 3.05) is 5.32 Å². The molecule has 0 fully saturated rings. The molecule has 0 unspecified atom stereocenters. The Morgan fingerprint density at radius 2 is 1.66 bits per heavy atom. The average molecular weight is 428 g/mol. The van der Waals surface area contributed by atoms with Crippen LogP contribution < -0.4 is 10.1 Å². The van der Waals surface area contributed by atoms with E-state index in [1.807, 2.05) is 13.0 Å². The van der Waals surface area contributed by atoms with Crippen LogP contribution in [0.1, 0.15) is 29.3 Å². The first-order valence-corrected chi connectivity index (χ1v) is 9.86. The quantitative estimate of drug-likeness (QED) is 0.468. The number of nitrogens with one attached hydrogen (secondary N) is 1. The summed E-state index contributed by atoms with van der Waals surface area (Å²) < 4.78 is 5.78. The predicted molar refractivity (Wildman–Crippen MR) is 116 cm³/mol. The summed E-state index contributed by atoms with van der Waals surface area (Å²) in [6, 6.07) is 20.4. The molecule has 0 heterocycles. The number of hydrogen-bond donors (Lipinski definition) is 1. The van der Waals surface area contributed by atoms with Gasteiger partial charge in [0.05, 0.1) is 5.69 Å². The lowest BCUT2D eigenvalue weighted by Crippen LogP contribution is -2.33. The second-order valence-electron chi connectivity index (χ2n) is 6.35. The van der Waals surface area contributed by atoms with Crippen LogP contribution in [0.15, 0.2) is 72.8 Å². The molecule has 4 nitrogen and oxygen atoms in total. The van der Waals surface area contributed by atoms with Gasteiger partial charge >= 0.3 is 0 Å². The van der Waals surface area contributed by atoms with Crippen molar-refractivity contribution in [2.24, 2.45) is 0 Å². The van der Waals surface area contributed by atoms with Gasteiger partial charge in [-0.3, -0.25) is 9.59 Å². The van der Waals surface area contributed by atoms with E-state index >= 15 is 0 Å². The molecule has 0 saturated carbocycles. The van der Waals surface area contributed by atoms with Gasteiger partial charge in [0, 0.05) is 21.2 Å². The minimum Gasteiger partial charge on any atom is -0.481 e. The van der Waals surface area contributed by atoms with Gasteiger partial charge in [-0.25, -0.2) is 0 Å². The van der Waals surface area contributed by atoms with E-state index < -0.39 is 6.10 Å². The zero-order valence-corrected chi connectivity index (χ0v) is 17.2. The van der Waals surface area contributed by atoms with Crippen LogP contribution in [0.3, 0.4) is 0 Å². The molecule has 0 spiro atoms. The zero-order valence-electron chi connectivity index (χ0n) is 15.7. The van der Waals surface area contributed by atoms with E-state index in [2.05, 4.69) is 5.32 Å². The summed E-state index contributed by atoms with van der Waals surface area (Å²) in [5, 5.41) is 3.72. The summed E-state index contributed by atoms with van der Waals surface area (Å²) in [5.41, 5.74) is 1.20. The lowest BCUT2D eigenvalue weighted by molar-refractivity contribution is -0.122. The molecule has 1 N–H and O–H groups in total. The number of halogens is 2. The van der Waals surface area contributed by atoms with Crippen LogP contribution in [0.5, 0.6) is 5.75 Å². The van der Waals surface area contributed by atoms with Crippen molar-refractivity contribution in [3.05, 3.63) is 94.0 Å². The number of rotatable bonds is 7. The van der Waals surface area contributed by atoms with Crippen molar-refractivity contribution in [3.63, 3.8) is 0 Å².